The molecule has 2 N–H and O–H groups in total. The molecule has 1 aliphatic rings. The summed E-state index contributed by atoms with van der Waals surface area (Å²) in [6.07, 6.45) is 0.361. The van der Waals surface area contributed by atoms with Gasteiger partial charge in [0.1, 0.15) is 6.10 Å². The minimum atomic E-state index is -0.291. The number of hydrogen-bond acceptors (Lipinski definition) is 3. The van der Waals surface area contributed by atoms with E-state index in [9.17, 15) is 4.79 Å². The number of carbonyl (C=O) groups excluding carboxylic acids is 1. The number of hydrogen-bond donors (Lipinski definition) is 1. The molecule has 1 aromatic rings. The molecule has 1 amide bonds. The molecule has 0 aliphatic carbocycles. The Bertz CT molecular complexity index is 431. The van der Waals surface area contributed by atoms with Gasteiger partial charge >= 0.3 is 6.09 Å². The van der Waals surface area contributed by atoms with E-state index < -0.39 is 0 Å². The van der Waals surface area contributed by atoms with E-state index in [-0.39, 0.29) is 12.2 Å². The zero-order valence-corrected chi connectivity index (χ0v) is 10.3. The third-order valence-corrected chi connectivity index (χ3v) is 3.08. The molecule has 4 heteroatoms. The zero-order valence-electron chi connectivity index (χ0n) is 10.3. The highest BCUT2D eigenvalue weighted by Crippen LogP contribution is 2.25. The monoisotopic (exact) mass is 234 g/mol. The Labute approximate surface area is 101 Å². The lowest BCUT2D eigenvalue weighted by atomic mass is 10.1. The molecule has 0 saturated carbocycles. The molecule has 1 saturated heterocycles. The largest absolute Gasteiger partial charge is 0.444 e. The van der Waals surface area contributed by atoms with Crippen molar-refractivity contribution >= 4 is 11.8 Å². The van der Waals surface area contributed by atoms with Gasteiger partial charge in [-0.15, -0.1) is 0 Å². The Morgan fingerprint density at radius 1 is 1.47 bits per heavy atom. The molecule has 17 heavy (non-hydrogen) atoms. The second-order valence-corrected chi connectivity index (χ2v) is 4.47. The number of benzene rings is 1. The second-order valence-electron chi connectivity index (χ2n) is 4.47. The number of rotatable bonds is 2. The summed E-state index contributed by atoms with van der Waals surface area (Å²) in [5.74, 6) is 0. The lowest BCUT2D eigenvalue weighted by Gasteiger charge is -2.32. The van der Waals surface area contributed by atoms with E-state index in [4.69, 9.17) is 10.5 Å². The maximum absolute atomic E-state index is 11.9. The molecule has 1 aliphatic heterocycles. The first-order valence-corrected chi connectivity index (χ1v) is 5.87. The standard InChI is InChI=1S/C13H18N2O2/c1-9-3-4-10(2)12(7-9)15-6-5-11(8-14)17-13(15)16/h3-4,7,11H,5-6,8,14H2,1-2H3. The molecule has 4 nitrogen and oxygen atoms in total. The fourth-order valence-electron chi connectivity index (χ4n) is 2.02. The summed E-state index contributed by atoms with van der Waals surface area (Å²) in [7, 11) is 0. The molecule has 92 valence electrons. The number of cyclic esters (lactones) is 1. The van der Waals surface area contributed by atoms with Gasteiger partial charge in [0.25, 0.3) is 0 Å². The Kier molecular flexibility index (Phi) is 3.33. The molecule has 0 spiro atoms. The average Bonchev–Trinajstić information content (AvgIpc) is 2.32. The minimum Gasteiger partial charge on any atom is -0.444 e. The van der Waals surface area contributed by atoms with E-state index in [2.05, 4.69) is 0 Å². The van der Waals surface area contributed by atoms with Crippen molar-refractivity contribution in [2.75, 3.05) is 18.0 Å². The van der Waals surface area contributed by atoms with Gasteiger partial charge < -0.3 is 10.5 Å². The van der Waals surface area contributed by atoms with Gasteiger partial charge in [-0.1, -0.05) is 12.1 Å². The van der Waals surface area contributed by atoms with Crippen LogP contribution in [0.5, 0.6) is 0 Å². The molecular formula is C13H18N2O2. The van der Waals surface area contributed by atoms with Crippen molar-refractivity contribution in [3.63, 3.8) is 0 Å². The van der Waals surface area contributed by atoms with E-state index in [0.29, 0.717) is 13.1 Å². The van der Waals surface area contributed by atoms with Gasteiger partial charge in [0.15, 0.2) is 0 Å². The van der Waals surface area contributed by atoms with Crippen molar-refractivity contribution in [3.8, 4) is 0 Å². The first-order valence-electron chi connectivity index (χ1n) is 5.87. The van der Waals surface area contributed by atoms with Gasteiger partial charge in [-0.2, -0.15) is 0 Å². The first-order chi connectivity index (χ1) is 8.11. The minimum absolute atomic E-state index is 0.135. The fraction of sp³-hybridized carbons (Fsp3) is 0.462. The molecule has 2 rings (SSSR count). The number of anilines is 1. The number of amides is 1. The average molecular weight is 234 g/mol. The summed E-state index contributed by atoms with van der Waals surface area (Å²) < 4.78 is 5.26. The fourth-order valence-corrected chi connectivity index (χ4v) is 2.02. The highest BCUT2D eigenvalue weighted by molar-refractivity contribution is 5.89. The van der Waals surface area contributed by atoms with Gasteiger partial charge in [-0.3, -0.25) is 4.90 Å². The summed E-state index contributed by atoms with van der Waals surface area (Å²) >= 11 is 0. The van der Waals surface area contributed by atoms with Gasteiger partial charge in [0.05, 0.1) is 5.69 Å². The van der Waals surface area contributed by atoms with Crippen LogP contribution in [0.2, 0.25) is 0 Å². The van der Waals surface area contributed by atoms with Crippen LogP contribution in [-0.2, 0) is 4.74 Å². The Morgan fingerprint density at radius 3 is 2.88 bits per heavy atom. The second kappa shape index (κ2) is 4.75. The SMILES string of the molecule is Cc1ccc(C)c(N2CCC(CN)OC2=O)c1. The Hall–Kier alpha value is -1.55. The molecule has 0 aromatic heterocycles. The van der Waals surface area contributed by atoms with Crippen LogP contribution in [0.4, 0.5) is 10.5 Å². The summed E-state index contributed by atoms with van der Waals surface area (Å²) in [6.45, 7) is 5.08. The molecule has 1 atom stereocenters. The Balaban J connectivity index is 2.23. The molecule has 1 fully saturated rings. The van der Waals surface area contributed by atoms with E-state index in [1.54, 1.807) is 4.90 Å². The summed E-state index contributed by atoms with van der Waals surface area (Å²) in [6, 6.07) is 6.07. The molecule has 0 bridgehead atoms. The van der Waals surface area contributed by atoms with Gasteiger partial charge in [-0.25, -0.2) is 4.79 Å². The van der Waals surface area contributed by atoms with Crippen LogP contribution in [0.15, 0.2) is 18.2 Å². The predicted molar refractivity (Wildman–Crippen MR) is 67.2 cm³/mol. The normalized spacial score (nSPS) is 20.3. The van der Waals surface area contributed by atoms with Crippen LogP contribution < -0.4 is 10.6 Å². The molecule has 1 unspecified atom stereocenters. The number of carbonyl (C=O) groups is 1. The zero-order chi connectivity index (χ0) is 12.4. The number of nitrogens with zero attached hydrogens (tertiary/aromatic N) is 1. The number of aryl methyl sites for hydroxylation is 2. The topological polar surface area (TPSA) is 55.6 Å². The van der Waals surface area contributed by atoms with Crippen LogP contribution in [0.25, 0.3) is 0 Å². The third kappa shape index (κ3) is 2.42. The predicted octanol–water partition coefficient (Wildman–Crippen LogP) is 1.98. The number of nitrogens with two attached hydrogens (primary N) is 1. The first kappa shape index (κ1) is 11.9. The van der Waals surface area contributed by atoms with Crippen molar-refractivity contribution in [2.24, 2.45) is 5.73 Å². The van der Waals surface area contributed by atoms with Gasteiger partial charge in [0, 0.05) is 19.5 Å². The van der Waals surface area contributed by atoms with Gasteiger partial charge in [-0.05, 0) is 31.0 Å². The number of ether oxygens (including phenoxy) is 1. The molecule has 1 aromatic carbocycles. The maximum atomic E-state index is 11.9. The lowest BCUT2D eigenvalue weighted by molar-refractivity contribution is 0.0887. The summed E-state index contributed by atoms with van der Waals surface area (Å²) in [5.41, 5.74) is 8.66. The molecule has 0 radical (unpaired) electrons. The van der Waals surface area contributed by atoms with Crippen molar-refractivity contribution in [1.29, 1.82) is 0 Å². The van der Waals surface area contributed by atoms with E-state index >= 15 is 0 Å². The molecular weight excluding hydrogens is 216 g/mol. The van der Waals surface area contributed by atoms with Crippen LogP contribution >= 0.6 is 0 Å². The van der Waals surface area contributed by atoms with Crippen LogP contribution in [0, 0.1) is 13.8 Å². The smallest absolute Gasteiger partial charge is 0.414 e. The van der Waals surface area contributed by atoms with E-state index in [1.807, 2.05) is 32.0 Å². The van der Waals surface area contributed by atoms with Crippen molar-refractivity contribution < 1.29 is 9.53 Å². The third-order valence-electron chi connectivity index (χ3n) is 3.08. The van der Waals surface area contributed by atoms with Gasteiger partial charge in [0.2, 0.25) is 0 Å². The highest BCUT2D eigenvalue weighted by atomic mass is 16.6. The summed E-state index contributed by atoms with van der Waals surface area (Å²) in [4.78, 5) is 13.6. The van der Waals surface area contributed by atoms with Crippen molar-refractivity contribution in [1.82, 2.24) is 0 Å². The van der Waals surface area contributed by atoms with Crippen LogP contribution in [0.1, 0.15) is 17.5 Å². The summed E-state index contributed by atoms with van der Waals surface area (Å²) in [5, 5.41) is 0. The quantitative estimate of drug-likeness (QED) is 0.851. The highest BCUT2D eigenvalue weighted by Gasteiger charge is 2.28. The molecule has 1 heterocycles. The van der Waals surface area contributed by atoms with E-state index in [1.165, 1.54) is 0 Å². The Morgan fingerprint density at radius 2 is 2.24 bits per heavy atom. The van der Waals surface area contributed by atoms with Crippen molar-refractivity contribution in [3.05, 3.63) is 29.3 Å². The lowest BCUT2D eigenvalue weighted by Crippen LogP contribution is -2.44. The van der Waals surface area contributed by atoms with Crippen LogP contribution in [0.3, 0.4) is 0 Å². The van der Waals surface area contributed by atoms with Crippen LogP contribution in [-0.4, -0.2) is 25.3 Å². The van der Waals surface area contributed by atoms with E-state index in [0.717, 1.165) is 23.2 Å². The van der Waals surface area contributed by atoms with Crippen molar-refractivity contribution in [2.45, 2.75) is 26.4 Å². The maximum Gasteiger partial charge on any atom is 0.414 e.